The fraction of sp³-hybridized carbons (Fsp3) is 0.472. The van der Waals surface area contributed by atoms with Crippen LogP contribution in [0.15, 0.2) is 35.1 Å². The molecule has 0 spiro atoms. The first-order chi connectivity index (χ1) is 24.1. The van der Waals surface area contributed by atoms with Crippen molar-refractivity contribution in [3.8, 4) is 5.69 Å². The molecule has 0 saturated carbocycles. The van der Waals surface area contributed by atoms with Gasteiger partial charge in [-0.25, -0.2) is 19.2 Å². The van der Waals surface area contributed by atoms with Crippen LogP contribution < -0.4 is 15.8 Å². The van der Waals surface area contributed by atoms with E-state index in [1.807, 2.05) is 0 Å². The standard InChI is InChI=1S/C36H43Cl3N4O7/c1-3-4-5-6-7-8-9-10-11-12-13-14-19-50-36(48)24-20-26(38)31(27(39)21-24)43-34(46)32(42-29(44)17-18-30(42)45)33(41-43)40-28-22-23(35(47)49-2)15-16-25(28)37/h15-16,20-22,40-41H,3-14,17-19H2,1-2H3. The van der Waals surface area contributed by atoms with E-state index in [4.69, 9.17) is 44.3 Å². The number of aromatic nitrogens is 2. The number of nitrogens with one attached hydrogen (secondary N) is 2. The Morgan fingerprint density at radius 3 is 1.86 bits per heavy atom. The molecule has 1 saturated heterocycles. The lowest BCUT2D eigenvalue weighted by molar-refractivity contribution is -0.121. The van der Waals surface area contributed by atoms with Gasteiger partial charge >= 0.3 is 11.9 Å². The monoisotopic (exact) mass is 748 g/mol. The van der Waals surface area contributed by atoms with Crippen molar-refractivity contribution in [2.75, 3.05) is 23.9 Å². The van der Waals surface area contributed by atoms with Crippen molar-refractivity contribution in [2.45, 2.75) is 96.8 Å². The quantitative estimate of drug-likeness (QED) is 0.0703. The number of esters is 2. The first kappa shape index (κ1) is 39.0. The van der Waals surface area contributed by atoms with E-state index < -0.39 is 29.3 Å². The van der Waals surface area contributed by atoms with Crippen molar-refractivity contribution in [1.29, 1.82) is 0 Å². The minimum absolute atomic E-state index is 0.0290. The molecule has 2 N–H and O–H groups in total. The molecule has 2 heterocycles. The first-order valence-electron chi connectivity index (χ1n) is 17.1. The molecule has 2 amide bonds. The summed E-state index contributed by atoms with van der Waals surface area (Å²) in [5.41, 5.74) is -0.761. The number of anilines is 3. The van der Waals surface area contributed by atoms with Gasteiger partial charge in [0.25, 0.3) is 5.56 Å². The van der Waals surface area contributed by atoms with Gasteiger partial charge in [-0.1, -0.05) is 112 Å². The average Bonchev–Trinajstić information content (AvgIpc) is 3.58. The third-order valence-electron chi connectivity index (χ3n) is 8.50. The molecule has 50 heavy (non-hydrogen) atoms. The lowest BCUT2D eigenvalue weighted by Gasteiger charge is -2.14. The molecule has 0 atom stereocenters. The number of unbranched alkanes of at least 4 members (excludes halogenated alkanes) is 11. The number of H-pyrrole nitrogens is 1. The van der Waals surface area contributed by atoms with E-state index in [0.29, 0.717) is 0 Å². The molecule has 0 bridgehead atoms. The number of aromatic amines is 1. The van der Waals surface area contributed by atoms with Crippen LogP contribution in [0.5, 0.6) is 0 Å². The van der Waals surface area contributed by atoms with Crippen molar-refractivity contribution in [2.24, 2.45) is 0 Å². The average molecular weight is 750 g/mol. The van der Waals surface area contributed by atoms with E-state index in [1.54, 1.807) is 0 Å². The highest BCUT2D eigenvalue weighted by Gasteiger charge is 2.36. The number of halogens is 3. The third-order valence-corrected chi connectivity index (χ3v) is 9.40. The highest BCUT2D eigenvalue weighted by Crippen LogP contribution is 2.35. The molecule has 0 radical (unpaired) electrons. The van der Waals surface area contributed by atoms with Crippen LogP contribution in [-0.4, -0.2) is 47.3 Å². The number of benzene rings is 2. The van der Waals surface area contributed by atoms with E-state index in [9.17, 15) is 24.0 Å². The summed E-state index contributed by atoms with van der Waals surface area (Å²) in [6.07, 6.45) is 14.1. The number of carbonyl (C=O) groups excluding carboxylic acids is 4. The lowest BCUT2D eigenvalue weighted by Crippen LogP contribution is -2.33. The highest BCUT2D eigenvalue weighted by atomic mass is 35.5. The van der Waals surface area contributed by atoms with Crippen LogP contribution in [-0.2, 0) is 19.1 Å². The molecule has 1 fully saturated rings. The van der Waals surface area contributed by atoms with Gasteiger partial charge in [0, 0.05) is 12.8 Å². The molecule has 0 unspecified atom stereocenters. The van der Waals surface area contributed by atoms with E-state index in [2.05, 4.69) is 17.3 Å². The molecule has 1 aliphatic heterocycles. The maximum Gasteiger partial charge on any atom is 0.338 e. The summed E-state index contributed by atoms with van der Waals surface area (Å²) in [7, 11) is 1.22. The van der Waals surface area contributed by atoms with Crippen molar-refractivity contribution in [3.63, 3.8) is 0 Å². The molecule has 270 valence electrons. The topological polar surface area (TPSA) is 140 Å². The number of ether oxygens (including phenoxy) is 2. The summed E-state index contributed by atoms with van der Waals surface area (Å²) < 4.78 is 11.2. The van der Waals surface area contributed by atoms with Gasteiger partial charge in [-0.3, -0.25) is 19.5 Å². The Labute approximate surface area is 306 Å². The fourth-order valence-corrected chi connectivity index (χ4v) is 6.62. The SMILES string of the molecule is CCCCCCCCCCCCCCOC(=O)c1cc(Cl)c(-n2[nH]c(Nc3cc(C(=O)OC)ccc3Cl)c(N3C(=O)CCC3=O)c2=O)c(Cl)c1. The molecule has 0 aliphatic carbocycles. The van der Waals surface area contributed by atoms with Gasteiger partial charge in [-0.2, -0.15) is 0 Å². The van der Waals surface area contributed by atoms with E-state index in [1.165, 1.54) is 95.2 Å². The highest BCUT2D eigenvalue weighted by molar-refractivity contribution is 6.38. The van der Waals surface area contributed by atoms with Crippen molar-refractivity contribution < 1.29 is 28.7 Å². The number of carbonyl (C=O) groups is 4. The number of imide groups is 1. The number of nitrogens with zero attached hydrogens (tertiary/aromatic N) is 2. The summed E-state index contributed by atoms with van der Waals surface area (Å²) >= 11 is 19.6. The second kappa shape index (κ2) is 19.0. The molecule has 1 aromatic heterocycles. The van der Waals surface area contributed by atoms with Crippen LogP contribution in [0.2, 0.25) is 15.1 Å². The van der Waals surface area contributed by atoms with Crippen LogP contribution in [0.1, 0.15) is 118 Å². The van der Waals surface area contributed by atoms with E-state index in [0.717, 1.165) is 28.8 Å². The van der Waals surface area contributed by atoms with Crippen molar-refractivity contribution in [3.05, 3.63) is 66.9 Å². The lowest BCUT2D eigenvalue weighted by atomic mass is 10.1. The summed E-state index contributed by atoms with van der Waals surface area (Å²) in [5.74, 6) is -2.51. The van der Waals surface area contributed by atoms with Gasteiger partial charge in [0.2, 0.25) is 11.8 Å². The minimum atomic E-state index is -0.831. The summed E-state index contributed by atoms with van der Waals surface area (Å²) in [4.78, 5) is 65.1. The summed E-state index contributed by atoms with van der Waals surface area (Å²) in [6, 6.07) is 6.94. The van der Waals surface area contributed by atoms with Crippen molar-refractivity contribution >= 4 is 75.7 Å². The number of hydrogen-bond donors (Lipinski definition) is 2. The fourth-order valence-electron chi connectivity index (χ4n) is 5.80. The molecular formula is C36H43Cl3N4O7. The largest absolute Gasteiger partial charge is 0.465 e. The Bertz CT molecular complexity index is 1710. The van der Waals surface area contributed by atoms with E-state index in [-0.39, 0.29) is 68.5 Å². The van der Waals surface area contributed by atoms with Crippen LogP contribution in [0.3, 0.4) is 0 Å². The van der Waals surface area contributed by atoms with Gasteiger partial charge < -0.3 is 14.8 Å². The number of methoxy groups -OCH3 is 1. The minimum Gasteiger partial charge on any atom is -0.465 e. The predicted octanol–water partition coefficient (Wildman–Crippen LogP) is 9.17. The maximum absolute atomic E-state index is 13.9. The molecular weight excluding hydrogens is 707 g/mol. The molecule has 1 aliphatic rings. The zero-order valence-corrected chi connectivity index (χ0v) is 30.6. The Morgan fingerprint density at radius 1 is 0.740 bits per heavy atom. The maximum atomic E-state index is 13.9. The second-order valence-corrected chi connectivity index (χ2v) is 13.4. The van der Waals surface area contributed by atoms with Crippen LogP contribution >= 0.6 is 34.8 Å². The smallest absolute Gasteiger partial charge is 0.338 e. The first-order valence-corrected chi connectivity index (χ1v) is 18.2. The van der Waals surface area contributed by atoms with Gasteiger partial charge in [-0.15, -0.1) is 0 Å². The number of hydrogen-bond acceptors (Lipinski definition) is 8. The Morgan fingerprint density at radius 2 is 1.30 bits per heavy atom. The summed E-state index contributed by atoms with van der Waals surface area (Å²) in [5, 5.41) is 5.76. The number of rotatable bonds is 19. The second-order valence-electron chi connectivity index (χ2n) is 12.2. The third kappa shape index (κ3) is 9.92. The number of amides is 2. The zero-order chi connectivity index (χ0) is 36.2. The van der Waals surface area contributed by atoms with Crippen molar-refractivity contribution in [1.82, 2.24) is 9.78 Å². The van der Waals surface area contributed by atoms with Crippen LogP contribution in [0.25, 0.3) is 5.69 Å². The molecule has 11 nitrogen and oxygen atoms in total. The van der Waals surface area contributed by atoms with Gasteiger partial charge in [0.1, 0.15) is 5.69 Å². The predicted molar refractivity (Wildman–Crippen MR) is 196 cm³/mol. The molecule has 4 rings (SSSR count). The molecule has 3 aromatic rings. The summed E-state index contributed by atoms with van der Waals surface area (Å²) in [6.45, 7) is 2.48. The van der Waals surface area contributed by atoms with Gasteiger partial charge in [0.05, 0.1) is 45.6 Å². The van der Waals surface area contributed by atoms with Gasteiger partial charge in [0.15, 0.2) is 11.5 Å². The Hall–Kier alpha value is -3.80. The Kier molecular flexibility index (Phi) is 14.8. The van der Waals surface area contributed by atoms with Crippen LogP contribution in [0.4, 0.5) is 17.2 Å². The molecule has 2 aromatic carbocycles. The van der Waals surface area contributed by atoms with Gasteiger partial charge in [-0.05, 0) is 36.8 Å². The Balaban J connectivity index is 1.45. The normalized spacial score (nSPS) is 12.9. The van der Waals surface area contributed by atoms with E-state index >= 15 is 0 Å². The molecule has 14 heteroatoms. The van der Waals surface area contributed by atoms with Crippen LogP contribution in [0, 0.1) is 0 Å². The zero-order valence-electron chi connectivity index (χ0n) is 28.4.